The summed E-state index contributed by atoms with van der Waals surface area (Å²) in [6.07, 6.45) is -6.01. The molecular weight excluding hydrogens is 249 g/mol. The van der Waals surface area contributed by atoms with Crippen LogP contribution in [0.1, 0.15) is 34.1 Å². The average molecular weight is 268 g/mol. The molecule has 0 aliphatic rings. The van der Waals surface area contributed by atoms with E-state index in [-0.39, 0.29) is 12.2 Å². The summed E-state index contributed by atoms with van der Waals surface area (Å²) in [5.41, 5.74) is -4.06. The van der Waals surface area contributed by atoms with E-state index in [1.807, 2.05) is 0 Å². The largest absolute Gasteiger partial charge is 0.464 e. The predicted octanol–water partition coefficient (Wildman–Crippen LogP) is 2.84. The Morgan fingerprint density at radius 3 is 2.00 bits per heavy atom. The zero-order chi connectivity index (χ0) is 14.8. The lowest BCUT2D eigenvalue weighted by Gasteiger charge is -2.32. The van der Waals surface area contributed by atoms with Crippen molar-refractivity contribution < 1.29 is 27.8 Å². The van der Waals surface area contributed by atoms with Gasteiger partial charge in [0.2, 0.25) is 0 Å². The summed E-state index contributed by atoms with van der Waals surface area (Å²) in [6, 6.07) is 0. The Bertz CT molecular complexity index is 328. The molecule has 6 heteroatoms. The van der Waals surface area contributed by atoms with Crippen molar-refractivity contribution in [2.75, 3.05) is 6.61 Å². The molecule has 0 aromatic rings. The number of esters is 1. The molecule has 0 bridgehead atoms. The van der Waals surface area contributed by atoms with Crippen LogP contribution in [-0.2, 0) is 9.53 Å². The molecule has 0 heterocycles. The maximum Gasteiger partial charge on any atom is 0.428 e. The maximum absolute atomic E-state index is 12.8. The number of hydrogen-bond acceptors (Lipinski definition) is 3. The summed E-state index contributed by atoms with van der Waals surface area (Å²) in [4.78, 5) is 11.3. The number of aliphatic hydroxyl groups is 1. The number of halogens is 3. The third kappa shape index (κ3) is 3.73. The van der Waals surface area contributed by atoms with E-state index in [9.17, 15) is 23.1 Å². The van der Waals surface area contributed by atoms with E-state index < -0.39 is 29.6 Å². The van der Waals surface area contributed by atoms with Crippen LogP contribution in [0.3, 0.4) is 0 Å². The van der Waals surface area contributed by atoms with Gasteiger partial charge >= 0.3 is 12.1 Å². The fraction of sp³-hybridized carbons (Fsp3) is 0.750. The lowest BCUT2D eigenvalue weighted by Crippen LogP contribution is -2.53. The highest BCUT2D eigenvalue weighted by Gasteiger charge is 2.61. The third-order valence-electron chi connectivity index (χ3n) is 2.61. The SMILES string of the molecule is C=C(CC(O)(C(=O)OCC)C(F)(F)F)C(C)(C)C. The summed E-state index contributed by atoms with van der Waals surface area (Å²) in [5.74, 6) is -1.69. The van der Waals surface area contributed by atoms with Crippen molar-refractivity contribution in [1.29, 1.82) is 0 Å². The molecule has 1 atom stereocenters. The van der Waals surface area contributed by atoms with E-state index >= 15 is 0 Å². The van der Waals surface area contributed by atoms with Crippen molar-refractivity contribution in [3.05, 3.63) is 12.2 Å². The molecule has 0 amide bonds. The van der Waals surface area contributed by atoms with Crippen molar-refractivity contribution in [3.8, 4) is 0 Å². The molecule has 0 aromatic carbocycles. The molecule has 3 nitrogen and oxygen atoms in total. The van der Waals surface area contributed by atoms with Crippen LogP contribution >= 0.6 is 0 Å². The van der Waals surface area contributed by atoms with Crippen molar-refractivity contribution in [2.24, 2.45) is 5.41 Å². The molecule has 0 rings (SSSR count). The van der Waals surface area contributed by atoms with Crippen LogP contribution in [0.5, 0.6) is 0 Å². The predicted molar refractivity (Wildman–Crippen MR) is 60.8 cm³/mol. The molecule has 0 aliphatic carbocycles. The van der Waals surface area contributed by atoms with Gasteiger partial charge in [0.15, 0.2) is 0 Å². The molecule has 106 valence electrons. The fourth-order valence-corrected chi connectivity index (χ4v) is 1.11. The van der Waals surface area contributed by atoms with Crippen molar-refractivity contribution in [1.82, 2.24) is 0 Å². The van der Waals surface area contributed by atoms with Gasteiger partial charge in [0.25, 0.3) is 5.60 Å². The summed E-state index contributed by atoms with van der Waals surface area (Å²) < 4.78 is 42.8. The Balaban J connectivity index is 5.27. The number of rotatable bonds is 4. The number of carbonyl (C=O) groups excluding carboxylic acids is 1. The summed E-state index contributed by atoms with van der Waals surface area (Å²) in [7, 11) is 0. The first-order chi connectivity index (χ1) is 7.86. The lowest BCUT2D eigenvalue weighted by atomic mass is 9.80. The highest BCUT2D eigenvalue weighted by molar-refractivity contribution is 5.80. The molecule has 1 N–H and O–H groups in total. The first-order valence-electron chi connectivity index (χ1n) is 5.51. The van der Waals surface area contributed by atoms with E-state index in [0.717, 1.165) is 0 Å². The Kier molecular flexibility index (Phi) is 4.99. The van der Waals surface area contributed by atoms with Crippen LogP contribution in [0.2, 0.25) is 0 Å². The second kappa shape index (κ2) is 5.30. The third-order valence-corrected chi connectivity index (χ3v) is 2.61. The van der Waals surface area contributed by atoms with Gasteiger partial charge < -0.3 is 9.84 Å². The summed E-state index contributed by atoms with van der Waals surface area (Å²) >= 11 is 0. The first-order valence-corrected chi connectivity index (χ1v) is 5.51. The molecule has 1 unspecified atom stereocenters. The molecular formula is C12H19F3O3. The minimum atomic E-state index is -5.10. The zero-order valence-electron chi connectivity index (χ0n) is 11.0. The fourth-order valence-electron chi connectivity index (χ4n) is 1.11. The van der Waals surface area contributed by atoms with E-state index in [1.54, 1.807) is 20.8 Å². The lowest BCUT2D eigenvalue weighted by molar-refractivity contribution is -0.262. The van der Waals surface area contributed by atoms with Gasteiger partial charge in [-0.15, -0.1) is 0 Å². The standard InChI is InChI=1S/C12H19F3O3/c1-6-18-9(16)11(17,12(13,14)15)7-8(2)10(3,4)5/h17H,2,6-7H2,1,3-5H3. The van der Waals surface area contributed by atoms with Gasteiger partial charge in [0.05, 0.1) is 6.61 Å². The Morgan fingerprint density at radius 1 is 1.28 bits per heavy atom. The first kappa shape index (κ1) is 17.0. The van der Waals surface area contributed by atoms with Crippen LogP contribution in [0.4, 0.5) is 13.2 Å². The van der Waals surface area contributed by atoms with E-state index in [0.29, 0.717) is 0 Å². The summed E-state index contributed by atoms with van der Waals surface area (Å²) in [5, 5.41) is 9.62. The van der Waals surface area contributed by atoms with Gasteiger partial charge in [-0.05, 0) is 12.3 Å². The molecule has 0 saturated carbocycles. The van der Waals surface area contributed by atoms with Crippen LogP contribution in [-0.4, -0.2) is 29.5 Å². The van der Waals surface area contributed by atoms with Gasteiger partial charge in [-0.25, -0.2) is 4.79 Å². The molecule has 0 spiro atoms. The minimum absolute atomic E-state index is 0.121. The van der Waals surface area contributed by atoms with Gasteiger partial charge in [-0.2, -0.15) is 13.2 Å². The molecule has 0 radical (unpaired) electrons. The van der Waals surface area contributed by atoms with Crippen LogP contribution in [0.25, 0.3) is 0 Å². The maximum atomic E-state index is 12.8. The van der Waals surface area contributed by atoms with Gasteiger partial charge in [0.1, 0.15) is 0 Å². The number of hydrogen-bond donors (Lipinski definition) is 1. The molecule has 0 aromatic heterocycles. The zero-order valence-corrected chi connectivity index (χ0v) is 11.0. The molecule has 0 saturated heterocycles. The van der Waals surface area contributed by atoms with Gasteiger partial charge in [0, 0.05) is 6.42 Å². The summed E-state index contributed by atoms with van der Waals surface area (Å²) in [6.45, 7) is 9.58. The number of alkyl halides is 3. The molecule has 0 fully saturated rings. The van der Waals surface area contributed by atoms with Crippen molar-refractivity contribution in [2.45, 2.75) is 45.9 Å². The quantitative estimate of drug-likeness (QED) is 0.630. The second-order valence-electron chi connectivity index (χ2n) is 5.11. The topological polar surface area (TPSA) is 46.5 Å². The Labute approximate surface area is 105 Å². The highest BCUT2D eigenvalue weighted by Crippen LogP contribution is 2.40. The van der Waals surface area contributed by atoms with E-state index in [1.165, 1.54) is 6.92 Å². The molecule has 0 aliphatic heterocycles. The van der Waals surface area contributed by atoms with Crippen molar-refractivity contribution >= 4 is 5.97 Å². The normalized spacial score (nSPS) is 16.0. The van der Waals surface area contributed by atoms with Crippen LogP contribution in [0, 0.1) is 5.41 Å². The Morgan fingerprint density at radius 2 is 1.72 bits per heavy atom. The van der Waals surface area contributed by atoms with Crippen LogP contribution in [0.15, 0.2) is 12.2 Å². The number of ether oxygens (including phenoxy) is 1. The number of carbonyl (C=O) groups is 1. The smallest absolute Gasteiger partial charge is 0.428 e. The van der Waals surface area contributed by atoms with E-state index in [4.69, 9.17) is 0 Å². The molecule has 18 heavy (non-hydrogen) atoms. The second-order valence-corrected chi connectivity index (χ2v) is 5.11. The average Bonchev–Trinajstić information content (AvgIpc) is 2.14. The van der Waals surface area contributed by atoms with Crippen LogP contribution < -0.4 is 0 Å². The monoisotopic (exact) mass is 268 g/mol. The Hall–Kier alpha value is -1.04. The van der Waals surface area contributed by atoms with E-state index in [2.05, 4.69) is 11.3 Å². The van der Waals surface area contributed by atoms with Gasteiger partial charge in [-0.3, -0.25) is 0 Å². The van der Waals surface area contributed by atoms with Crippen molar-refractivity contribution in [3.63, 3.8) is 0 Å². The highest BCUT2D eigenvalue weighted by atomic mass is 19.4. The van der Waals surface area contributed by atoms with Gasteiger partial charge in [-0.1, -0.05) is 32.9 Å². The minimum Gasteiger partial charge on any atom is -0.464 e.